The van der Waals surface area contributed by atoms with Crippen LogP contribution in [0.15, 0.2) is 42.6 Å². The van der Waals surface area contributed by atoms with E-state index in [0.717, 1.165) is 29.9 Å². The van der Waals surface area contributed by atoms with Crippen molar-refractivity contribution in [3.63, 3.8) is 0 Å². The molecule has 0 aliphatic carbocycles. The number of ether oxygens (including phenoxy) is 1. The lowest BCUT2D eigenvalue weighted by Crippen LogP contribution is -2.22. The molecule has 3 N–H and O–H groups in total. The molecule has 0 spiro atoms. The van der Waals surface area contributed by atoms with E-state index >= 15 is 0 Å². The molecular formula is C21H22N8O2. The van der Waals surface area contributed by atoms with Gasteiger partial charge in [0.2, 0.25) is 5.95 Å². The second-order valence-electron chi connectivity index (χ2n) is 7.46. The predicted molar refractivity (Wildman–Crippen MR) is 116 cm³/mol. The first-order chi connectivity index (χ1) is 15.1. The molecule has 1 unspecified atom stereocenters. The Labute approximate surface area is 178 Å². The Hall–Kier alpha value is -3.79. The summed E-state index contributed by atoms with van der Waals surface area (Å²) in [6.07, 6.45) is 2.28. The lowest BCUT2D eigenvalue weighted by Gasteiger charge is -2.17. The number of aliphatic hydroxyl groups is 1. The number of nitrogens with zero attached hydrogens (tertiary/aromatic N) is 7. The number of hydrogen-bond donors (Lipinski definition) is 2. The van der Waals surface area contributed by atoms with Gasteiger partial charge in [0.1, 0.15) is 28.5 Å². The first-order valence-electron chi connectivity index (χ1n) is 10.0. The van der Waals surface area contributed by atoms with Crippen LogP contribution in [0.1, 0.15) is 12.1 Å². The molecule has 158 valence electrons. The molecule has 1 aliphatic heterocycles. The summed E-state index contributed by atoms with van der Waals surface area (Å²) < 4.78 is 7.12. The Bertz CT molecular complexity index is 1240. The van der Waals surface area contributed by atoms with Crippen molar-refractivity contribution in [2.75, 3.05) is 30.8 Å². The lowest BCUT2D eigenvalue weighted by molar-refractivity contribution is 0.198. The second-order valence-corrected chi connectivity index (χ2v) is 7.46. The number of para-hydroxylation sites is 1. The number of β-amino-alcohol motifs (C(OH)–C–C–N with tert-alkyl or cyclic N) is 1. The zero-order valence-corrected chi connectivity index (χ0v) is 17.0. The van der Waals surface area contributed by atoms with Crippen molar-refractivity contribution in [1.29, 1.82) is 0 Å². The maximum atomic E-state index is 9.79. The number of aromatic nitrogens is 6. The number of anilines is 2. The molecule has 1 fully saturated rings. The lowest BCUT2D eigenvalue weighted by atomic mass is 10.1. The topological polar surface area (TPSA) is 128 Å². The minimum absolute atomic E-state index is 0.142. The highest BCUT2D eigenvalue weighted by Crippen LogP contribution is 2.30. The Morgan fingerprint density at radius 1 is 1.16 bits per heavy atom. The van der Waals surface area contributed by atoms with Crippen molar-refractivity contribution in [2.24, 2.45) is 0 Å². The van der Waals surface area contributed by atoms with Gasteiger partial charge in [-0.25, -0.2) is 19.6 Å². The normalized spacial score (nSPS) is 16.2. The number of fused-ring (bicyclic) bond motifs is 1. The number of pyridine rings is 1. The molecule has 1 atom stereocenters. The van der Waals surface area contributed by atoms with Crippen molar-refractivity contribution >= 4 is 22.7 Å². The summed E-state index contributed by atoms with van der Waals surface area (Å²) in [6, 6.07) is 11.5. The quantitative estimate of drug-likeness (QED) is 0.495. The number of hydrogen-bond acceptors (Lipinski definition) is 9. The first-order valence-corrected chi connectivity index (χ1v) is 10.0. The van der Waals surface area contributed by atoms with Crippen molar-refractivity contribution in [2.45, 2.75) is 19.1 Å². The van der Waals surface area contributed by atoms with Crippen LogP contribution in [0.2, 0.25) is 0 Å². The van der Waals surface area contributed by atoms with Gasteiger partial charge in [-0.3, -0.25) is 0 Å². The highest BCUT2D eigenvalue weighted by molar-refractivity contribution is 5.95. The number of methoxy groups -OCH3 is 1. The van der Waals surface area contributed by atoms with E-state index in [-0.39, 0.29) is 12.1 Å². The van der Waals surface area contributed by atoms with E-state index in [1.54, 1.807) is 11.8 Å². The first kappa shape index (κ1) is 19.2. The number of nitrogens with two attached hydrogens (primary N) is 1. The van der Waals surface area contributed by atoms with Crippen LogP contribution >= 0.6 is 0 Å². The summed E-state index contributed by atoms with van der Waals surface area (Å²) in [4.78, 5) is 15.5. The van der Waals surface area contributed by atoms with Crippen LogP contribution in [0.5, 0.6) is 5.75 Å². The minimum atomic E-state index is -0.294. The molecular weight excluding hydrogens is 396 g/mol. The van der Waals surface area contributed by atoms with Gasteiger partial charge in [0.05, 0.1) is 31.6 Å². The van der Waals surface area contributed by atoms with Crippen LogP contribution in [0.25, 0.3) is 22.3 Å². The molecule has 10 nitrogen and oxygen atoms in total. The van der Waals surface area contributed by atoms with Gasteiger partial charge in [0, 0.05) is 18.5 Å². The van der Waals surface area contributed by atoms with Crippen LogP contribution in [0, 0.1) is 0 Å². The van der Waals surface area contributed by atoms with Crippen molar-refractivity contribution < 1.29 is 9.84 Å². The largest absolute Gasteiger partial charge is 0.494 e. The molecule has 3 aromatic heterocycles. The van der Waals surface area contributed by atoms with Crippen LogP contribution < -0.4 is 15.4 Å². The van der Waals surface area contributed by atoms with Gasteiger partial charge < -0.3 is 20.5 Å². The van der Waals surface area contributed by atoms with Gasteiger partial charge in [-0.15, -0.1) is 5.10 Å². The SMILES string of the molecule is COc1cccc2c(-c3cn(Cc4cccc(N5CCC(O)C5)n4)nn3)nc(N)nc12. The Balaban J connectivity index is 1.44. The van der Waals surface area contributed by atoms with Gasteiger partial charge >= 0.3 is 0 Å². The highest BCUT2D eigenvalue weighted by atomic mass is 16.5. The molecule has 4 heterocycles. The molecule has 0 amide bonds. The molecule has 1 aliphatic rings. The Kier molecular flexibility index (Phi) is 4.83. The van der Waals surface area contributed by atoms with E-state index < -0.39 is 0 Å². The summed E-state index contributed by atoms with van der Waals surface area (Å²) in [5.41, 5.74) is 8.60. The fraction of sp³-hybridized carbons (Fsp3) is 0.286. The molecule has 10 heteroatoms. The van der Waals surface area contributed by atoms with Gasteiger partial charge in [0.15, 0.2) is 0 Å². The third-order valence-corrected chi connectivity index (χ3v) is 5.31. The Morgan fingerprint density at radius 2 is 2.03 bits per heavy atom. The molecule has 31 heavy (non-hydrogen) atoms. The molecule has 5 rings (SSSR count). The van der Waals surface area contributed by atoms with E-state index in [4.69, 9.17) is 15.5 Å². The van der Waals surface area contributed by atoms with Crippen LogP contribution in [-0.4, -0.2) is 61.4 Å². The summed E-state index contributed by atoms with van der Waals surface area (Å²) >= 11 is 0. The molecule has 0 saturated carbocycles. The fourth-order valence-electron chi connectivity index (χ4n) is 3.83. The molecule has 1 saturated heterocycles. The highest BCUT2D eigenvalue weighted by Gasteiger charge is 2.21. The monoisotopic (exact) mass is 418 g/mol. The average Bonchev–Trinajstić information content (AvgIpc) is 3.42. The zero-order chi connectivity index (χ0) is 21.4. The molecule has 0 radical (unpaired) electrons. The maximum absolute atomic E-state index is 9.79. The van der Waals surface area contributed by atoms with Gasteiger partial charge in [-0.05, 0) is 24.6 Å². The van der Waals surface area contributed by atoms with E-state index in [2.05, 4.69) is 25.2 Å². The summed E-state index contributed by atoms with van der Waals surface area (Å²) in [6.45, 7) is 1.87. The third-order valence-electron chi connectivity index (χ3n) is 5.31. The van der Waals surface area contributed by atoms with Crippen LogP contribution in [0.4, 0.5) is 11.8 Å². The van der Waals surface area contributed by atoms with Crippen molar-refractivity contribution in [3.05, 3.63) is 48.3 Å². The summed E-state index contributed by atoms with van der Waals surface area (Å²) in [5.74, 6) is 1.62. The van der Waals surface area contributed by atoms with Crippen LogP contribution in [-0.2, 0) is 6.54 Å². The molecule has 1 aromatic carbocycles. The van der Waals surface area contributed by atoms with E-state index in [1.165, 1.54) is 0 Å². The van der Waals surface area contributed by atoms with Crippen molar-refractivity contribution in [1.82, 2.24) is 29.9 Å². The smallest absolute Gasteiger partial charge is 0.221 e. The Morgan fingerprint density at radius 3 is 2.84 bits per heavy atom. The van der Waals surface area contributed by atoms with E-state index in [1.807, 2.05) is 42.6 Å². The number of benzene rings is 1. The second kappa shape index (κ2) is 7.80. The van der Waals surface area contributed by atoms with E-state index in [9.17, 15) is 5.11 Å². The predicted octanol–water partition coefficient (Wildman–Crippen LogP) is 1.49. The minimum Gasteiger partial charge on any atom is -0.494 e. The summed E-state index contributed by atoms with van der Waals surface area (Å²) in [5, 5.41) is 19.1. The van der Waals surface area contributed by atoms with E-state index in [0.29, 0.717) is 35.7 Å². The maximum Gasteiger partial charge on any atom is 0.221 e. The molecule has 4 aromatic rings. The standard InChI is InChI=1S/C21H22N8O2/c1-31-17-6-3-5-15-19(24-21(22)25-20(15)17)16-12-29(27-26-16)10-13-4-2-7-18(23-13)28-9-8-14(30)11-28/h2-7,12,14,30H,8-11H2,1H3,(H2,22,24,25). The van der Waals surface area contributed by atoms with Gasteiger partial charge in [-0.1, -0.05) is 23.4 Å². The zero-order valence-electron chi connectivity index (χ0n) is 17.0. The van der Waals surface area contributed by atoms with Gasteiger partial charge in [0.25, 0.3) is 0 Å². The van der Waals surface area contributed by atoms with Gasteiger partial charge in [-0.2, -0.15) is 0 Å². The number of nitrogen functional groups attached to an aromatic ring is 1. The summed E-state index contributed by atoms with van der Waals surface area (Å²) in [7, 11) is 1.59. The van der Waals surface area contributed by atoms with Crippen LogP contribution in [0.3, 0.4) is 0 Å². The molecule has 0 bridgehead atoms. The van der Waals surface area contributed by atoms with Crippen molar-refractivity contribution in [3.8, 4) is 17.1 Å². The fourth-order valence-corrected chi connectivity index (χ4v) is 3.83. The number of aliphatic hydroxyl groups excluding tert-OH is 1. The number of rotatable bonds is 5. The third kappa shape index (κ3) is 3.73. The average molecular weight is 418 g/mol.